The normalized spacial score (nSPS) is 12.7. The lowest BCUT2D eigenvalue weighted by molar-refractivity contribution is -0.143. The number of rotatable bonds is 9. The van der Waals surface area contributed by atoms with Gasteiger partial charge < -0.3 is 19.8 Å². The highest BCUT2D eigenvalue weighted by atomic mass is 35.5. The molecule has 2 aromatic rings. The Hall–Kier alpha value is -2.39. The van der Waals surface area contributed by atoms with E-state index in [-0.39, 0.29) is 54.9 Å². The molecule has 1 aliphatic heterocycles. The first-order valence-corrected chi connectivity index (χ1v) is 10.2. The van der Waals surface area contributed by atoms with Crippen LogP contribution in [-0.4, -0.2) is 73.0 Å². The van der Waals surface area contributed by atoms with Gasteiger partial charge in [-0.1, -0.05) is 0 Å². The molecule has 0 saturated carbocycles. The van der Waals surface area contributed by atoms with E-state index in [2.05, 4.69) is 16.9 Å². The number of carbonyl (C=O) groups excluding carboxylic acids is 2. The summed E-state index contributed by atoms with van der Waals surface area (Å²) in [5, 5.41) is 0. The van der Waals surface area contributed by atoms with Gasteiger partial charge in [0, 0.05) is 25.5 Å². The number of methoxy groups -OCH3 is 2. The van der Waals surface area contributed by atoms with Gasteiger partial charge in [-0.2, -0.15) is 0 Å². The number of aromatic nitrogens is 1. The standard InChI is InChI=1S/C23H29N3O4.2ClH.H2O/c1-25(12-7-17-5-8-24-9-6-17)10-4-11-26-22(27)15-18-13-20(29-2)21(30-3)14-19(18)16-23(26)28;;;/h5-6,8-9,13-14H,4,7,10-12,15-16H2,1-3H3;2*1H;1H2. The maximum atomic E-state index is 12.7. The molecular formula is C23H33Cl2N3O5. The molecule has 3 rings (SSSR count). The van der Waals surface area contributed by atoms with E-state index < -0.39 is 0 Å². The van der Waals surface area contributed by atoms with Crippen molar-refractivity contribution >= 4 is 36.6 Å². The summed E-state index contributed by atoms with van der Waals surface area (Å²) in [4.78, 5) is 33.1. The van der Waals surface area contributed by atoms with Crippen molar-refractivity contribution in [3.8, 4) is 11.5 Å². The van der Waals surface area contributed by atoms with E-state index in [9.17, 15) is 9.59 Å². The van der Waals surface area contributed by atoms with E-state index in [4.69, 9.17) is 9.47 Å². The molecule has 0 aliphatic carbocycles. The largest absolute Gasteiger partial charge is 0.493 e. The monoisotopic (exact) mass is 501 g/mol. The van der Waals surface area contributed by atoms with E-state index in [1.807, 2.05) is 12.1 Å². The number of carbonyl (C=O) groups is 2. The average Bonchev–Trinajstić information content (AvgIpc) is 2.87. The molecule has 1 aliphatic rings. The molecule has 0 spiro atoms. The molecule has 10 heteroatoms. The lowest BCUT2D eigenvalue weighted by atomic mass is 10.0. The van der Waals surface area contributed by atoms with Crippen LogP contribution in [0.5, 0.6) is 11.5 Å². The molecule has 2 heterocycles. The topological polar surface area (TPSA) is 103 Å². The van der Waals surface area contributed by atoms with Crippen LogP contribution in [0.25, 0.3) is 0 Å². The Kier molecular flexibility index (Phi) is 13.6. The summed E-state index contributed by atoms with van der Waals surface area (Å²) in [6.45, 7) is 2.16. The number of imide groups is 1. The highest BCUT2D eigenvalue weighted by molar-refractivity contribution is 5.99. The fourth-order valence-corrected chi connectivity index (χ4v) is 3.68. The number of ether oxygens (including phenoxy) is 2. The summed E-state index contributed by atoms with van der Waals surface area (Å²) >= 11 is 0. The van der Waals surface area contributed by atoms with E-state index in [0.29, 0.717) is 18.0 Å². The Morgan fingerprint density at radius 1 is 0.939 bits per heavy atom. The third-order valence-corrected chi connectivity index (χ3v) is 5.44. The summed E-state index contributed by atoms with van der Waals surface area (Å²) in [6, 6.07) is 7.64. The smallest absolute Gasteiger partial charge is 0.233 e. The second-order valence-electron chi connectivity index (χ2n) is 7.53. The van der Waals surface area contributed by atoms with Crippen molar-refractivity contribution in [1.82, 2.24) is 14.8 Å². The molecule has 0 saturated heterocycles. The quantitative estimate of drug-likeness (QED) is 0.487. The summed E-state index contributed by atoms with van der Waals surface area (Å²) in [7, 11) is 5.18. The number of likely N-dealkylation sites (N-methyl/N-ethyl adjacent to an activating group) is 1. The fraction of sp³-hybridized carbons (Fsp3) is 0.435. The summed E-state index contributed by atoms with van der Waals surface area (Å²) in [6.07, 6.45) is 5.68. The second-order valence-corrected chi connectivity index (χ2v) is 7.53. The predicted octanol–water partition coefficient (Wildman–Crippen LogP) is 2.14. The molecule has 0 bridgehead atoms. The number of benzene rings is 1. The van der Waals surface area contributed by atoms with Crippen LogP contribution in [0.2, 0.25) is 0 Å². The average molecular weight is 502 g/mol. The van der Waals surface area contributed by atoms with Crippen molar-refractivity contribution in [3.63, 3.8) is 0 Å². The molecule has 0 atom stereocenters. The maximum absolute atomic E-state index is 12.7. The number of hydrogen-bond donors (Lipinski definition) is 0. The summed E-state index contributed by atoms with van der Waals surface area (Å²) in [5.41, 5.74) is 2.89. The number of halogens is 2. The van der Waals surface area contributed by atoms with E-state index in [1.165, 1.54) is 10.5 Å². The number of amides is 2. The van der Waals surface area contributed by atoms with Crippen LogP contribution in [0.15, 0.2) is 36.7 Å². The molecule has 184 valence electrons. The zero-order chi connectivity index (χ0) is 21.5. The SMILES string of the molecule is COc1cc2c(cc1OC)CC(=O)N(CCCN(C)CCc1ccncc1)C(=O)C2.Cl.Cl.O. The van der Waals surface area contributed by atoms with Crippen LogP contribution in [0, 0.1) is 0 Å². The van der Waals surface area contributed by atoms with Crippen LogP contribution in [0.3, 0.4) is 0 Å². The van der Waals surface area contributed by atoms with Crippen LogP contribution >= 0.6 is 24.8 Å². The fourth-order valence-electron chi connectivity index (χ4n) is 3.68. The van der Waals surface area contributed by atoms with Crippen molar-refractivity contribution < 1.29 is 24.5 Å². The van der Waals surface area contributed by atoms with Gasteiger partial charge in [0.2, 0.25) is 11.8 Å². The number of pyridine rings is 1. The first kappa shape index (κ1) is 30.6. The van der Waals surface area contributed by atoms with E-state index in [0.717, 1.165) is 37.1 Å². The molecule has 2 amide bonds. The lowest BCUT2D eigenvalue weighted by Crippen LogP contribution is -2.39. The van der Waals surface area contributed by atoms with Gasteiger partial charge in [-0.05, 0) is 67.4 Å². The molecule has 8 nitrogen and oxygen atoms in total. The molecule has 1 aromatic heterocycles. The third kappa shape index (κ3) is 8.16. The van der Waals surface area contributed by atoms with Crippen LogP contribution in [0.4, 0.5) is 0 Å². The maximum Gasteiger partial charge on any atom is 0.233 e. The highest BCUT2D eigenvalue weighted by Crippen LogP contribution is 2.32. The van der Waals surface area contributed by atoms with Crippen molar-refractivity contribution in [3.05, 3.63) is 53.3 Å². The van der Waals surface area contributed by atoms with E-state index >= 15 is 0 Å². The highest BCUT2D eigenvalue weighted by Gasteiger charge is 2.28. The van der Waals surface area contributed by atoms with Gasteiger partial charge >= 0.3 is 0 Å². The van der Waals surface area contributed by atoms with Crippen molar-refractivity contribution in [2.24, 2.45) is 0 Å². The van der Waals surface area contributed by atoms with Gasteiger partial charge in [-0.15, -0.1) is 24.8 Å². The Morgan fingerprint density at radius 3 is 1.94 bits per heavy atom. The molecule has 2 N–H and O–H groups in total. The summed E-state index contributed by atoms with van der Waals surface area (Å²) in [5.74, 6) is 0.817. The Bertz CT molecular complexity index is 854. The van der Waals surface area contributed by atoms with Gasteiger partial charge in [-0.25, -0.2) is 0 Å². The van der Waals surface area contributed by atoms with Crippen molar-refractivity contribution in [2.45, 2.75) is 25.7 Å². The lowest BCUT2D eigenvalue weighted by Gasteiger charge is -2.21. The Balaban J connectivity index is 0.00000341. The van der Waals surface area contributed by atoms with Gasteiger partial charge in [0.1, 0.15) is 0 Å². The Morgan fingerprint density at radius 2 is 1.45 bits per heavy atom. The molecule has 0 fully saturated rings. The molecule has 1 aromatic carbocycles. The zero-order valence-electron chi connectivity index (χ0n) is 19.2. The predicted molar refractivity (Wildman–Crippen MR) is 132 cm³/mol. The minimum absolute atomic E-state index is 0. The van der Waals surface area contributed by atoms with Crippen molar-refractivity contribution in [2.75, 3.05) is 40.9 Å². The van der Waals surface area contributed by atoms with Gasteiger partial charge in [0.25, 0.3) is 0 Å². The third-order valence-electron chi connectivity index (χ3n) is 5.44. The first-order chi connectivity index (χ1) is 14.5. The number of hydrogen-bond acceptors (Lipinski definition) is 6. The minimum atomic E-state index is -0.162. The van der Waals surface area contributed by atoms with Gasteiger partial charge in [0.15, 0.2) is 11.5 Å². The van der Waals surface area contributed by atoms with Crippen LogP contribution < -0.4 is 9.47 Å². The molecule has 0 radical (unpaired) electrons. The molecule has 0 unspecified atom stereocenters. The van der Waals surface area contributed by atoms with Crippen LogP contribution in [-0.2, 0) is 28.9 Å². The number of fused-ring (bicyclic) bond motifs is 1. The molecular weight excluding hydrogens is 469 g/mol. The number of nitrogens with zero attached hydrogens (tertiary/aromatic N) is 3. The van der Waals surface area contributed by atoms with E-state index in [1.54, 1.807) is 38.7 Å². The van der Waals surface area contributed by atoms with Gasteiger partial charge in [-0.3, -0.25) is 19.5 Å². The van der Waals surface area contributed by atoms with Crippen molar-refractivity contribution in [1.29, 1.82) is 0 Å². The second kappa shape index (κ2) is 14.7. The van der Waals surface area contributed by atoms with Gasteiger partial charge in [0.05, 0.1) is 27.1 Å². The Labute approximate surface area is 207 Å². The van der Waals surface area contributed by atoms with Crippen LogP contribution in [0.1, 0.15) is 23.1 Å². The molecule has 33 heavy (non-hydrogen) atoms. The summed E-state index contributed by atoms with van der Waals surface area (Å²) < 4.78 is 10.7. The zero-order valence-corrected chi connectivity index (χ0v) is 20.8. The first-order valence-electron chi connectivity index (χ1n) is 10.2. The minimum Gasteiger partial charge on any atom is -0.493 e.